The number of carbonyl (C=O) groups is 2. The molecule has 0 aliphatic rings. The van der Waals surface area contributed by atoms with Crippen LogP contribution in [0.3, 0.4) is 0 Å². The highest BCUT2D eigenvalue weighted by Crippen LogP contribution is 2.22. The van der Waals surface area contributed by atoms with E-state index in [2.05, 4.69) is 0 Å². The number of benzene rings is 4. The Hall–Kier alpha value is -4.12. The number of ketones is 1. The standard InChI is InChI=1S/C29H26O5/c30-28(31)18-11-21-9-14-24(15-10-21)33-19-4-20-34-25-16-12-23(13-17-25)29(32)27-8-3-6-22-5-1-2-7-26(22)27/h1-3,5-10,12-17H,4,11,18-20H2,(H,30,31). The average molecular weight is 455 g/mol. The van der Waals surface area contributed by atoms with Crippen molar-refractivity contribution in [2.45, 2.75) is 19.3 Å². The van der Waals surface area contributed by atoms with Crippen molar-refractivity contribution in [3.63, 3.8) is 0 Å². The molecule has 1 N–H and O–H groups in total. The van der Waals surface area contributed by atoms with Gasteiger partial charge in [-0.2, -0.15) is 0 Å². The predicted octanol–water partition coefficient (Wildman–Crippen LogP) is 5.94. The smallest absolute Gasteiger partial charge is 0.303 e. The number of carbonyl (C=O) groups excluding carboxylic acids is 1. The molecule has 0 aromatic heterocycles. The minimum absolute atomic E-state index is 0.00858. The van der Waals surface area contributed by atoms with E-state index in [1.807, 2.05) is 78.9 Å². The summed E-state index contributed by atoms with van der Waals surface area (Å²) < 4.78 is 11.5. The van der Waals surface area contributed by atoms with E-state index >= 15 is 0 Å². The van der Waals surface area contributed by atoms with E-state index in [0.29, 0.717) is 42.9 Å². The molecule has 5 nitrogen and oxygen atoms in total. The van der Waals surface area contributed by atoms with Crippen LogP contribution in [0.15, 0.2) is 91.0 Å². The van der Waals surface area contributed by atoms with Crippen LogP contribution in [0.4, 0.5) is 0 Å². The summed E-state index contributed by atoms with van der Waals surface area (Å²) in [6, 6.07) is 28.3. The maximum absolute atomic E-state index is 13.0. The number of fused-ring (bicyclic) bond motifs is 1. The van der Waals surface area contributed by atoms with Crippen LogP contribution in [-0.4, -0.2) is 30.1 Å². The lowest BCUT2D eigenvalue weighted by molar-refractivity contribution is -0.136. The summed E-state index contributed by atoms with van der Waals surface area (Å²) in [4.78, 5) is 23.7. The van der Waals surface area contributed by atoms with Gasteiger partial charge in [-0.05, 0) is 59.2 Å². The van der Waals surface area contributed by atoms with Crippen molar-refractivity contribution in [1.29, 1.82) is 0 Å². The van der Waals surface area contributed by atoms with Crippen molar-refractivity contribution in [3.05, 3.63) is 108 Å². The summed E-state index contributed by atoms with van der Waals surface area (Å²) in [6.07, 6.45) is 1.34. The van der Waals surface area contributed by atoms with Crippen molar-refractivity contribution in [1.82, 2.24) is 0 Å². The van der Waals surface area contributed by atoms with E-state index in [0.717, 1.165) is 22.1 Å². The molecule has 0 aliphatic heterocycles. The number of carboxylic acids is 1. The Morgan fingerprint density at radius 3 is 2.00 bits per heavy atom. The van der Waals surface area contributed by atoms with Crippen LogP contribution >= 0.6 is 0 Å². The highest BCUT2D eigenvalue weighted by molar-refractivity contribution is 6.16. The molecule has 0 aliphatic carbocycles. The number of hydrogen-bond donors (Lipinski definition) is 1. The second-order valence-electron chi connectivity index (χ2n) is 7.97. The first-order chi connectivity index (χ1) is 16.6. The van der Waals surface area contributed by atoms with Crippen molar-refractivity contribution in [3.8, 4) is 11.5 Å². The van der Waals surface area contributed by atoms with E-state index in [1.54, 1.807) is 12.1 Å². The molecule has 0 atom stereocenters. The first-order valence-electron chi connectivity index (χ1n) is 11.3. The maximum Gasteiger partial charge on any atom is 0.303 e. The topological polar surface area (TPSA) is 72.8 Å². The molecule has 0 radical (unpaired) electrons. The normalized spacial score (nSPS) is 10.7. The third-order valence-electron chi connectivity index (χ3n) is 5.53. The third kappa shape index (κ3) is 6.01. The molecule has 0 fully saturated rings. The van der Waals surface area contributed by atoms with Crippen molar-refractivity contribution >= 4 is 22.5 Å². The Morgan fingerprint density at radius 1 is 0.706 bits per heavy atom. The lowest BCUT2D eigenvalue weighted by atomic mass is 9.97. The number of carboxylic acid groups (broad SMARTS) is 1. The summed E-state index contributed by atoms with van der Waals surface area (Å²) in [7, 11) is 0. The molecule has 0 heterocycles. The first kappa shape index (κ1) is 23.1. The second-order valence-corrected chi connectivity index (χ2v) is 7.97. The fraction of sp³-hybridized carbons (Fsp3) is 0.172. The lowest BCUT2D eigenvalue weighted by Gasteiger charge is -2.10. The molecule has 0 bridgehead atoms. The van der Waals surface area contributed by atoms with E-state index in [-0.39, 0.29) is 12.2 Å². The highest BCUT2D eigenvalue weighted by atomic mass is 16.5. The zero-order chi connectivity index (χ0) is 23.8. The summed E-state index contributed by atoms with van der Waals surface area (Å²) >= 11 is 0. The number of ether oxygens (including phenoxy) is 2. The van der Waals surface area contributed by atoms with Gasteiger partial charge in [-0.1, -0.05) is 54.6 Å². The van der Waals surface area contributed by atoms with E-state index < -0.39 is 5.97 Å². The Kier molecular flexibility index (Phi) is 7.56. The number of hydrogen-bond acceptors (Lipinski definition) is 4. The van der Waals surface area contributed by atoms with Gasteiger partial charge in [0.25, 0.3) is 0 Å². The van der Waals surface area contributed by atoms with Gasteiger partial charge in [0.15, 0.2) is 5.78 Å². The molecule has 0 amide bonds. The van der Waals surface area contributed by atoms with Gasteiger partial charge < -0.3 is 14.6 Å². The largest absolute Gasteiger partial charge is 0.493 e. The van der Waals surface area contributed by atoms with Crippen molar-refractivity contribution in [2.75, 3.05) is 13.2 Å². The number of rotatable bonds is 11. The lowest BCUT2D eigenvalue weighted by Crippen LogP contribution is -2.06. The molecule has 4 aromatic carbocycles. The summed E-state index contributed by atoms with van der Waals surface area (Å²) in [5.74, 6) is 0.643. The summed E-state index contributed by atoms with van der Waals surface area (Å²) in [5.41, 5.74) is 2.29. The molecule has 5 heteroatoms. The first-order valence-corrected chi connectivity index (χ1v) is 11.3. The van der Waals surface area contributed by atoms with Gasteiger partial charge in [-0.15, -0.1) is 0 Å². The summed E-state index contributed by atoms with van der Waals surface area (Å²) in [6.45, 7) is 0.999. The minimum atomic E-state index is -0.800. The summed E-state index contributed by atoms with van der Waals surface area (Å²) in [5, 5.41) is 10.7. The van der Waals surface area contributed by atoms with Gasteiger partial charge in [-0.25, -0.2) is 0 Å². The predicted molar refractivity (Wildman–Crippen MR) is 132 cm³/mol. The van der Waals surface area contributed by atoms with Crippen molar-refractivity contribution < 1.29 is 24.2 Å². The van der Waals surface area contributed by atoms with Gasteiger partial charge >= 0.3 is 5.97 Å². The number of aliphatic carboxylic acids is 1. The Bertz CT molecular complexity index is 1250. The van der Waals surface area contributed by atoms with Crippen LogP contribution in [0.2, 0.25) is 0 Å². The van der Waals surface area contributed by atoms with E-state index in [4.69, 9.17) is 14.6 Å². The van der Waals surface area contributed by atoms with Crippen LogP contribution in [-0.2, 0) is 11.2 Å². The van der Waals surface area contributed by atoms with Crippen LogP contribution in [0, 0.1) is 0 Å². The highest BCUT2D eigenvalue weighted by Gasteiger charge is 2.12. The molecule has 0 unspecified atom stereocenters. The van der Waals surface area contributed by atoms with Crippen molar-refractivity contribution in [2.24, 2.45) is 0 Å². The zero-order valence-electron chi connectivity index (χ0n) is 18.8. The Morgan fingerprint density at radius 2 is 1.32 bits per heavy atom. The molecule has 4 aromatic rings. The molecule has 0 saturated carbocycles. The van der Waals surface area contributed by atoms with Gasteiger partial charge in [0, 0.05) is 24.0 Å². The maximum atomic E-state index is 13.0. The van der Waals surface area contributed by atoms with Crippen LogP contribution in [0.5, 0.6) is 11.5 Å². The quantitative estimate of drug-likeness (QED) is 0.224. The van der Waals surface area contributed by atoms with Crippen LogP contribution in [0.25, 0.3) is 10.8 Å². The molecule has 172 valence electrons. The van der Waals surface area contributed by atoms with Crippen LogP contribution in [0.1, 0.15) is 34.3 Å². The Labute approximate surface area is 198 Å². The SMILES string of the molecule is O=C(O)CCc1ccc(OCCCOc2ccc(C(=O)c3cccc4ccccc34)cc2)cc1. The fourth-order valence-electron chi connectivity index (χ4n) is 3.72. The van der Waals surface area contributed by atoms with E-state index in [1.165, 1.54) is 0 Å². The second kappa shape index (κ2) is 11.1. The zero-order valence-corrected chi connectivity index (χ0v) is 18.8. The molecule has 34 heavy (non-hydrogen) atoms. The van der Waals surface area contributed by atoms with E-state index in [9.17, 15) is 9.59 Å². The minimum Gasteiger partial charge on any atom is -0.493 e. The Balaban J connectivity index is 1.23. The molecule has 0 saturated heterocycles. The molecule has 0 spiro atoms. The van der Waals surface area contributed by atoms with Gasteiger partial charge in [-0.3, -0.25) is 9.59 Å². The van der Waals surface area contributed by atoms with Gasteiger partial charge in [0.05, 0.1) is 13.2 Å². The number of aryl methyl sites for hydroxylation is 1. The van der Waals surface area contributed by atoms with Gasteiger partial charge in [0.1, 0.15) is 11.5 Å². The average Bonchev–Trinajstić information content (AvgIpc) is 2.87. The van der Waals surface area contributed by atoms with Crippen LogP contribution < -0.4 is 9.47 Å². The van der Waals surface area contributed by atoms with Gasteiger partial charge in [0.2, 0.25) is 0 Å². The third-order valence-corrected chi connectivity index (χ3v) is 5.53. The molecular formula is C29H26O5. The fourth-order valence-corrected chi connectivity index (χ4v) is 3.72. The monoisotopic (exact) mass is 454 g/mol. The molecular weight excluding hydrogens is 428 g/mol. The molecule has 4 rings (SSSR count).